The van der Waals surface area contributed by atoms with Crippen LogP contribution >= 0.6 is 11.3 Å². The molecule has 0 fully saturated rings. The van der Waals surface area contributed by atoms with E-state index in [1.54, 1.807) is 0 Å². The van der Waals surface area contributed by atoms with Gasteiger partial charge in [0.15, 0.2) is 0 Å². The zero-order valence-electron chi connectivity index (χ0n) is 21.2. The van der Waals surface area contributed by atoms with Crippen molar-refractivity contribution in [3.63, 3.8) is 0 Å². The fourth-order valence-electron chi connectivity index (χ4n) is 5.31. The SMILES string of the molecule is Cc1ccc(CNCc2ccc(CN(Cc3nc4ccccc4[nH]3)C3C=C4C=CC=NC4CC3)cc2)s1. The highest BCUT2D eigenvalue weighted by Crippen LogP contribution is 2.29. The molecular weight excluding hydrogens is 474 g/mol. The lowest BCUT2D eigenvalue weighted by Gasteiger charge is -2.34. The number of aromatic amines is 1. The van der Waals surface area contributed by atoms with Gasteiger partial charge in [0.25, 0.3) is 0 Å². The van der Waals surface area contributed by atoms with Crippen LogP contribution in [0.2, 0.25) is 0 Å². The number of nitrogens with zero attached hydrogens (tertiary/aromatic N) is 3. The molecule has 2 aromatic carbocycles. The minimum Gasteiger partial charge on any atom is -0.341 e. The van der Waals surface area contributed by atoms with Crippen molar-refractivity contribution in [1.82, 2.24) is 20.2 Å². The second-order valence-corrected chi connectivity index (χ2v) is 11.4. The Balaban J connectivity index is 1.16. The lowest BCUT2D eigenvalue weighted by Crippen LogP contribution is -2.37. The van der Waals surface area contributed by atoms with E-state index in [9.17, 15) is 0 Å². The van der Waals surface area contributed by atoms with Crippen LogP contribution in [-0.2, 0) is 26.2 Å². The molecule has 37 heavy (non-hydrogen) atoms. The van der Waals surface area contributed by atoms with Crippen LogP contribution < -0.4 is 5.32 Å². The molecule has 0 saturated heterocycles. The molecule has 188 valence electrons. The normalized spacial score (nSPS) is 18.9. The van der Waals surface area contributed by atoms with Gasteiger partial charge in [-0.05, 0) is 66.8 Å². The number of aryl methyl sites for hydroxylation is 1. The number of H-pyrrole nitrogens is 1. The first-order valence-corrected chi connectivity index (χ1v) is 13.9. The largest absolute Gasteiger partial charge is 0.341 e. The molecule has 0 amide bonds. The maximum absolute atomic E-state index is 4.88. The third kappa shape index (κ3) is 5.82. The minimum atomic E-state index is 0.319. The molecule has 2 N–H and O–H groups in total. The maximum atomic E-state index is 4.88. The first-order valence-electron chi connectivity index (χ1n) is 13.1. The van der Waals surface area contributed by atoms with E-state index in [1.165, 1.54) is 26.5 Å². The van der Waals surface area contributed by atoms with Crippen molar-refractivity contribution in [3.8, 4) is 0 Å². The van der Waals surface area contributed by atoms with Gasteiger partial charge >= 0.3 is 0 Å². The van der Waals surface area contributed by atoms with Crippen molar-refractivity contribution in [3.05, 3.63) is 111 Å². The van der Waals surface area contributed by atoms with Gasteiger partial charge in [-0.3, -0.25) is 9.89 Å². The molecular formula is C31H33N5S. The van der Waals surface area contributed by atoms with Crippen LogP contribution in [0.3, 0.4) is 0 Å². The summed E-state index contributed by atoms with van der Waals surface area (Å²) in [5, 5.41) is 3.58. The second kappa shape index (κ2) is 11.0. The Morgan fingerprint density at radius 1 is 0.973 bits per heavy atom. The minimum absolute atomic E-state index is 0.319. The average Bonchev–Trinajstić information content (AvgIpc) is 3.54. The first-order chi connectivity index (χ1) is 18.2. The Kier molecular flexibility index (Phi) is 7.13. The molecule has 3 heterocycles. The van der Waals surface area contributed by atoms with E-state index < -0.39 is 0 Å². The Morgan fingerprint density at radius 2 is 1.84 bits per heavy atom. The van der Waals surface area contributed by atoms with Gasteiger partial charge in [-0.1, -0.05) is 48.6 Å². The topological polar surface area (TPSA) is 56.3 Å². The van der Waals surface area contributed by atoms with Crippen LogP contribution in [0.1, 0.15) is 39.5 Å². The van der Waals surface area contributed by atoms with Crippen LogP contribution in [0.25, 0.3) is 11.0 Å². The lowest BCUT2D eigenvalue weighted by molar-refractivity contribution is 0.188. The Bertz CT molecular complexity index is 1410. The molecule has 4 aromatic rings. The van der Waals surface area contributed by atoms with Crippen molar-refractivity contribution in [2.45, 2.75) is 58.0 Å². The molecule has 2 aliphatic rings. The zero-order chi connectivity index (χ0) is 25.0. The van der Waals surface area contributed by atoms with Crippen LogP contribution in [0.4, 0.5) is 0 Å². The summed E-state index contributed by atoms with van der Waals surface area (Å²) in [5.74, 6) is 1.02. The van der Waals surface area contributed by atoms with Crippen molar-refractivity contribution < 1.29 is 0 Å². The number of benzene rings is 2. The van der Waals surface area contributed by atoms with E-state index in [2.05, 4.69) is 99.9 Å². The molecule has 1 aliphatic heterocycles. The molecule has 0 bridgehead atoms. The van der Waals surface area contributed by atoms with Gasteiger partial charge in [-0.2, -0.15) is 0 Å². The molecule has 6 rings (SSSR count). The number of hydrogen-bond acceptors (Lipinski definition) is 5. The third-order valence-corrected chi connectivity index (χ3v) is 8.24. The number of rotatable bonds is 9. The highest BCUT2D eigenvalue weighted by Gasteiger charge is 2.26. The summed E-state index contributed by atoms with van der Waals surface area (Å²) in [6.07, 6.45) is 10.8. The van der Waals surface area contributed by atoms with Gasteiger partial charge in [0, 0.05) is 41.6 Å². The lowest BCUT2D eigenvalue weighted by atomic mass is 9.89. The summed E-state index contributed by atoms with van der Waals surface area (Å²) in [6, 6.07) is 22.4. The predicted molar refractivity (Wildman–Crippen MR) is 154 cm³/mol. The van der Waals surface area contributed by atoms with Crippen molar-refractivity contribution in [1.29, 1.82) is 0 Å². The predicted octanol–water partition coefficient (Wildman–Crippen LogP) is 6.32. The van der Waals surface area contributed by atoms with Crippen LogP contribution in [0.5, 0.6) is 0 Å². The monoisotopic (exact) mass is 507 g/mol. The Labute approximate surface area is 222 Å². The number of nitrogens with one attached hydrogen (secondary N) is 2. The number of fused-ring (bicyclic) bond motifs is 2. The van der Waals surface area contributed by atoms with Gasteiger partial charge < -0.3 is 10.3 Å². The zero-order valence-corrected chi connectivity index (χ0v) is 22.0. The third-order valence-electron chi connectivity index (χ3n) is 7.24. The van der Waals surface area contributed by atoms with E-state index in [4.69, 9.17) is 4.98 Å². The number of para-hydroxylation sites is 2. The fraction of sp³-hybridized carbons (Fsp3) is 0.290. The Hall–Kier alpha value is -3.32. The molecule has 0 radical (unpaired) electrons. The summed E-state index contributed by atoms with van der Waals surface area (Å²) in [4.78, 5) is 18.4. The number of hydrogen-bond donors (Lipinski definition) is 2. The smallest absolute Gasteiger partial charge is 0.121 e. The molecule has 0 spiro atoms. The average molecular weight is 508 g/mol. The number of thiophene rings is 1. The van der Waals surface area contributed by atoms with Crippen molar-refractivity contribution in [2.75, 3.05) is 0 Å². The standard InChI is InChI=1S/C31H33N5S/c1-22-8-14-27(37-22)19-32-18-23-9-11-24(12-10-23)20-36(21-31-34-29-6-2-3-7-30(29)35-31)26-13-15-28-25(17-26)5-4-16-33-28/h2-12,14,16-17,26,28,32H,13,15,18-21H2,1H3,(H,34,35). The van der Waals surface area contributed by atoms with Crippen molar-refractivity contribution >= 4 is 28.6 Å². The Morgan fingerprint density at radius 3 is 2.68 bits per heavy atom. The summed E-state index contributed by atoms with van der Waals surface area (Å²) in [7, 11) is 0. The van der Waals surface area contributed by atoms with Gasteiger partial charge in [0.2, 0.25) is 0 Å². The van der Waals surface area contributed by atoms with Gasteiger partial charge in [0.1, 0.15) is 5.82 Å². The number of aliphatic imine (C=N–C) groups is 1. The maximum Gasteiger partial charge on any atom is 0.121 e. The number of dihydropyridines is 1. The van der Waals surface area contributed by atoms with E-state index in [-0.39, 0.29) is 0 Å². The van der Waals surface area contributed by atoms with E-state index in [0.717, 1.165) is 55.9 Å². The number of aromatic nitrogens is 2. The summed E-state index contributed by atoms with van der Waals surface area (Å²) < 4.78 is 0. The fourth-order valence-corrected chi connectivity index (χ4v) is 6.17. The van der Waals surface area contributed by atoms with Crippen LogP contribution in [-0.4, -0.2) is 33.2 Å². The molecule has 0 saturated carbocycles. The van der Waals surface area contributed by atoms with E-state index in [1.807, 2.05) is 23.6 Å². The molecule has 2 atom stereocenters. The summed E-state index contributed by atoms with van der Waals surface area (Å²) in [5.41, 5.74) is 6.10. The summed E-state index contributed by atoms with van der Waals surface area (Å²) in [6.45, 7) is 5.62. The second-order valence-electron chi connectivity index (χ2n) is 10.0. The molecule has 6 heteroatoms. The van der Waals surface area contributed by atoms with E-state index in [0.29, 0.717) is 12.1 Å². The molecule has 2 aromatic heterocycles. The highest BCUT2D eigenvalue weighted by atomic mass is 32.1. The van der Waals surface area contributed by atoms with Crippen molar-refractivity contribution in [2.24, 2.45) is 4.99 Å². The van der Waals surface area contributed by atoms with Crippen LogP contribution in [0.15, 0.2) is 89.5 Å². The summed E-state index contributed by atoms with van der Waals surface area (Å²) >= 11 is 1.86. The molecule has 1 aliphatic carbocycles. The molecule has 2 unspecified atom stereocenters. The van der Waals surface area contributed by atoms with Gasteiger partial charge in [-0.25, -0.2) is 4.98 Å². The number of imidazole rings is 1. The quantitative estimate of drug-likeness (QED) is 0.279. The van der Waals surface area contributed by atoms with E-state index >= 15 is 0 Å². The number of allylic oxidation sites excluding steroid dienone is 1. The highest BCUT2D eigenvalue weighted by molar-refractivity contribution is 7.11. The van der Waals surface area contributed by atoms with Gasteiger partial charge in [0.05, 0.1) is 23.6 Å². The van der Waals surface area contributed by atoms with Crippen LogP contribution in [0, 0.1) is 6.92 Å². The first kappa shape index (κ1) is 24.0. The molecule has 5 nitrogen and oxygen atoms in total. The van der Waals surface area contributed by atoms with Gasteiger partial charge in [-0.15, -0.1) is 11.3 Å².